The summed E-state index contributed by atoms with van der Waals surface area (Å²) >= 11 is 0. The molecule has 0 spiro atoms. The van der Waals surface area contributed by atoms with Gasteiger partial charge in [0, 0.05) is 44.9 Å². The zero-order valence-electron chi connectivity index (χ0n) is 29.2. The number of nitrogens with one attached hydrogen (secondary N) is 3. The van der Waals surface area contributed by atoms with Crippen LogP contribution >= 0.6 is 0 Å². The van der Waals surface area contributed by atoms with Crippen LogP contribution in [0.15, 0.2) is 36.7 Å². The van der Waals surface area contributed by atoms with Crippen LogP contribution in [0.3, 0.4) is 0 Å². The van der Waals surface area contributed by atoms with Crippen molar-refractivity contribution in [2.24, 2.45) is 5.92 Å². The van der Waals surface area contributed by atoms with Crippen molar-refractivity contribution < 1.29 is 28.7 Å². The number of benzene rings is 1. The number of amides is 4. The topological polar surface area (TPSA) is 170 Å². The number of rotatable bonds is 7. The molecule has 0 saturated carbocycles. The molecule has 1 aromatic carbocycles. The number of aryl methyl sites for hydroxylation is 1. The van der Waals surface area contributed by atoms with Crippen LogP contribution in [0.4, 0.5) is 0 Å². The largest absolute Gasteiger partial charge is 0.493 e. The Kier molecular flexibility index (Phi) is 13.1. The SMILES string of the molecule is CC[C@H](C)[C@@H]1NC(=O)CCCN(C(=O)c2cncc(C)c2)CCCNC(=O)Cn2nc(Cc3ccc(OC)c(OC)c3)nc2[C@@H](C)NC1=O. The molecule has 0 fully saturated rings. The fraction of sp³-hybridized carbons (Fsp3) is 0.514. The third-order valence-electron chi connectivity index (χ3n) is 8.57. The van der Waals surface area contributed by atoms with Crippen molar-refractivity contribution in [3.8, 4) is 11.5 Å². The Morgan fingerprint density at radius 1 is 1.02 bits per heavy atom. The van der Waals surface area contributed by atoms with Gasteiger partial charge in [-0.1, -0.05) is 26.3 Å². The highest BCUT2D eigenvalue weighted by atomic mass is 16.5. The van der Waals surface area contributed by atoms with Crippen LogP contribution < -0.4 is 25.4 Å². The number of nitrogens with zero attached hydrogens (tertiary/aromatic N) is 5. The highest BCUT2D eigenvalue weighted by Crippen LogP contribution is 2.28. The van der Waals surface area contributed by atoms with E-state index in [1.165, 1.54) is 10.9 Å². The van der Waals surface area contributed by atoms with Crippen molar-refractivity contribution in [2.45, 2.75) is 78.4 Å². The summed E-state index contributed by atoms with van der Waals surface area (Å²) in [7, 11) is 3.13. The van der Waals surface area contributed by atoms with E-state index in [9.17, 15) is 19.2 Å². The van der Waals surface area contributed by atoms with Gasteiger partial charge in [0.25, 0.3) is 5.91 Å². The highest BCUT2D eigenvalue weighted by Gasteiger charge is 2.29. The number of fused-ring (bicyclic) bond motifs is 1. The molecule has 1 aliphatic rings. The van der Waals surface area contributed by atoms with Crippen LogP contribution in [0, 0.1) is 12.8 Å². The maximum atomic E-state index is 13.6. The minimum Gasteiger partial charge on any atom is -0.493 e. The molecule has 264 valence electrons. The fourth-order valence-electron chi connectivity index (χ4n) is 5.69. The van der Waals surface area contributed by atoms with Crippen molar-refractivity contribution in [2.75, 3.05) is 33.9 Å². The Labute approximate surface area is 287 Å². The standard InChI is InChI=1S/C35H48N8O6/c1-7-23(3)32-34(46)38-24(4)33-39-29(18-25-11-12-27(48-5)28(17-25)49-6)41-43(33)21-31(45)37-13-9-15-42(14-8-10-30(44)40-32)35(47)26-16-22(2)19-36-20-26/h11-12,16-17,19-20,23-24,32H,7-10,13-15,18,21H2,1-6H3,(H,37,45)(H,38,46)(H,40,44)/t23-,24+,32-/m0/s1. The second kappa shape index (κ2) is 17.4. The first kappa shape index (κ1) is 36.8. The molecule has 0 saturated heterocycles. The molecule has 0 unspecified atom stereocenters. The third-order valence-corrected chi connectivity index (χ3v) is 8.57. The summed E-state index contributed by atoms with van der Waals surface area (Å²) < 4.78 is 12.3. The van der Waals surface area contributed by atoms with E-state index >= 15 is 0 Å². The number of hydrogen-bond acceptors (Lipinski definition) is 9. The molecule has 4 rings (SSSR count). The van der Waals surface area contributed by atoms with Gasteiger partial charge < -0.3 is 30.3 Å². The lowest BCUT2D eigenvalue weighted by Gasteiger charge is -2.26. The van der Waals surface area contributed by atoms with Crippen molar-refractivity contribution >= 4 is 23.6 Å². The van der Waals surface area contributed by atoms with Gasteiger partial charge in [0.15, 0.2) is 17.3 Å². The van der Waals surface area contributed by atoms with Crippen molar-refractivity contribution in [3.05, 3.63) is 65.0 Å². The first-order valence-corrected chi connectivity index (χ1v) is 16.7. The van der Waals surface area contributed by atoms with Crippen LogP contribution in [0.25, 0.3) is 0 Å². The van der Waals surface area contributed by atoms with Crippen LogP contribution in [0.2, 0.25) is 0 Å². The monoisotopic (exact) mass is 676 g/mol. The molecule has 1 aliphatic heterocycles. The van der Waals surface area contributed by atoms with Crippen molar-refractivity contribution in [3.63, 3.8) is 0 Å². The molecule has 3 N–H and O–H groups in total. The van der Waals surface area contributed by atoms with E-state index in [4.69, 9.17) is 14.5 Å². The minimum atomic E-state index is -0.791. The summed E-state index contributed by atoms with van der Waals surface area (Å²) in [6.07, 6.45) is 5.25. The van der Waals surface area contributed by atoms with Crippen LogP contribution in [0.5, 0.6) is 11.5 Å². The van der Waals surface area contributed by atoms with Crippen LogP contribution in [0.1, 0.15) is 85.6 Å². The first-order chi connectivity index (χ1) is 23.5. The first-order valence-electron chi connectivity index (χ1n) is 16.7. The van der Waals surface area contributed by atoms with E-state index in [0.717, 1.165) is 11.1 Å². The minimum absolute atomic E-state index is 0.127. The predicted molar refractivity (Wildman–Crippen MR) is 182 cm³/mol. The number of carbonyl (C=O) groups is 4. The maximum absolute atomic E-state index is 13.6. The molecule has 4 amide bonds. The summed E-state index contributed by atoms with van der Waals surface area (Å²) in [5.41, 5.74) is 2.19. The molecular weight excluding hydrogens is 628 g/mol. The average molecular weight is 677 g/mol. The summed E-state index contributed by atoms with van der Waals surface area (Å²) in [6, 6.07) is 5.89. The quantitative estimate of drug-likeness (QED) is 0.341. The van der Waals surface area contributed by atoms with Gasteiger partial charge in [0.05, 0.1) is 25.8 Å². The number of ether oxygens (including phenoxy) is 2. The van der Waals surface area contributed by atoms with Gasteiger partial charge in [-0.15, -0.1) is 0 Å². The van der Waals surface area contributed by atoms with Gasteiger partial charge in [-0.2, -0.15) is 5.10 Å². The number of pyridine rings is 1. The number of carbonyl (C=O) groups excluding carboxylic acids is 4. The zero-order chi connectivity index (χ0) is 35.5. The molecule has 14 heteroatoms. The van der Waals surface area contributed by atoms with E-state index in [1.807, 2.05) is 32.9 Å². The molecule has 0 radical (unpaired) electrons. The molecular formula is C35H48N8O6. The van der Waals surface area contributed by atoms with Crippen LogP contribution in [-0.2, 0) is 27.3 Å². The van der Waals surface area contributed by atoms with Crippen molar-refractivity contribution in [1.82, 2.24) is 40.6 Å². The average Bonchev–Trinajstić information content (AvgIpc) is 3.48. The normalized spacial score (nSPS) is 19.0. The zero-order valence-corrected chi connectivity index (χ0v) is 29.2. The van der Waals surface area contributed by atoms with E-state index < -0.39 is 12.1 Å². The molecule has 3 atom stereocenters. The molecule has 3 aromatic rings. The highest BCUT2D eigenvalue weighted by molar-refractivity contribution is 5.94. The van der Waals surface area contributed by atoms with Gasteiger partial charge in [0.2, 0.25) is 17.7 Å². The molecule has 3 heterocycles. The van der Waals surface area contributed by atoms with Crippen molar-refractivity contribution in [1.29, 1.82) is 0 Å². The summed E-state index contributed by atoms with van der Waals surface area (Å²) in [5.74, 6) is 0.747. The van der Waals surface area contributed by atoms with E-state index in [-0.39, 0.29) is 42.5 Å². The van der Waals surface area contributed by atoms with E-state index in [0.29, 0.717) is 74.0 Å². The lowest BCUT2D eigenvalue weighted by molar-refractivity contribution is -0.130. The Bertz CT molecular complexity index is 1630. The third kappa shape index (κ3) is 10.00. The Hall–Kier alpha value is -5.01. The summed E-state index contributed by atoms with van der Waals surface area (Å²) in [5, 5.41) is 13.5. The Morgan fingerprint density at radius 2 is 1.78 bits per heavy atom. The smallest absolute Gasteiger partial charge is 0.255 e. The van der Waals surface area contributed by atoms with Crippen LogP contribution in [-0.4, -0.2) is 88.2 Å². The van der Waals surface area contributed by atoms with E-state index in [1.54, 1.807) is 44.4 Å². The summed E-state index contributed by atoms with van der Waals surface area (Å²) in [6.45, 7) is 8.40. The predicted octanol–water partition coefficient (Wildman–Crippen LogP) is 2.74. The van der Waals surface area contributed by atoms with E-state index in [2.05, 4.69) is 26.0 Å². The van der Waals surface area contributed by atoms with Gasteiger partial charge in [-0.3, -0.25) is 24.2 Å². The molecule has 0 bridgehead atoms. The second-order valence-electron chi connectivity index (χ2n) is 12.4. The number of methoxy groups -OCH3 is 2. The lowest BCUT2D eigenvalue weighted by Crippen LogP contribution is -2.51. The summed E-state index contributed by atoms with van der Waals surface area (Å²) in [4.78, 5) is 63.9. The fourth-order valence-corrected chi connectivity index (χ4v) is 5.69. The Balaban J connectivity index is 1.60. The molecule has 49 heavy (non-hydrogen) atoms. The molecule has 14 nitrogen and oxygen atoms in total. The van der Waals surface area contributed by atoms with Gasteiger partial charge in [-0.05, 0) is 61.9 Å². The number of hydrogen-bond donors (Lipinski definition) is 3. The maximum Gasteiger partial charge on any atom is 0.255 e. The van der Waals surface area contributed by atoms with Gasteiger partial charge >= 0.3 is 0 Å². The lowest BCUT2D eigenvalue weighted by atomic mass is 9.97. The Morgan fingerprint density at radius 3 is 2.49 bits per heavy atom. The molecule has 2 aromatic heterocycles. The van der Waals surface area contributed by atoms with Gasteiger partial charge in [0.1, 0.15) is 18.4 Å². The number of aromatic nitrogens is 4. The second-order valence-corrected chi connectivity index (χ2v) is 12.4. The molecule has 0 aliphatic carbocycles. The van der Waals surface area contributed by atoms with Gasteiger partial charge in [-0.25, -0.2) is 9.67 Å².